The van der Waals surface area contributed by atoms with Crippen molar-refractivity contribution in [2.45, 2.75) is 50.5 Å². The van der Waals surface area contributed by atoms with Gasteiger partial charge < -0.3 is 14.2 Å². The smallest absolute Gasteiger partial charge is 0.327 e. The zero-order chi connectivity index (χ0) is 17.0. The molecule has 1 aromatic heterocycles. The van der Waals surface area contributed by atoms with E-state index >= 15 is 0 Å². The largest absolute Gasteiger partial charge is 0.468 e. The number of ether oxygens (including phenoxy) is 3. The Morgan fingerprint density at radius 1 is 1.50 bits per heavy atom. The van der Waals surface area contributed by atoms with Crippen LogP contribution >= 0.6 is 0 Å². The normalized spacial score (nSPS) is 31.1. The molecule has 1 spiro atoms. The highest BCUT2D eigenvalue weighted by atomic mass is 16.7. The maximum atomic E-state index is 12.1. The number of esters is 1. The highest BCUT2D eigenvalue weighted by Crippen LogP contribution is 2.39. The lowest BCUT2D eigenvalue weighted by atomic mass is 9.86. The average molecular weight is 334 g/mol. The predicted octanol–water partition coefficient (Wildman–Crippen LogP) is 2.21. The number of nitrogens with zero attached hydrogens (tertiary/aromatic N) is 1. The van der Waals surface area contributed by atoms with Crippen molar-refractivity contribution < 1.29 is 19.0 Å². The Balaban J connectivity index is 1.57. The number of carbonyl (C=O) groups is 1. The number of aromatic nitrogens is 1. The van der Waals surface area contributed by atoms with Crippen LogP contribution in [0.3, 0.4) is 0 Å². The first kappa shape index (κ1) is 17.3. The molecule has 24 heavy (non-hydrogen) atoms. The second-order valence-corrected chi connectivity index (χ2v) is 6.79. The lowest BCUT2D eigenvalue weighted by Gasteiger charge is -2.34. The van der Waals surface area contributed by atoms with E-state index in [4.69, 9.17) is 14.2 Å². The Labute approximate surface area is 142 Å². The van der Waals surface area contributed by atoms with E-state index in [0.29, 0.717) is 13.2 Å². The Morgan fingerprint density at radius 3 is 2.96 bits per heavy atom. The molecule has 1 N–H and O–H groups in total. The van der Waals surface area contributed by atoms with E-state index in [2.05, 4.69) is 17.2 Å². The van der Waals surface area contributed by atoms with Crippen LogP contribution in [0, 0.1) is 5.92 Å². The monoisotopic (exact) mass is 334 g/mol. The molecule has 0 unspecified atom stereocenters. The molecule has 6 nitrogen and oxygen atoms in total. The SMILES string of the molecule is COC(=O)[C@H](NC[C@H]1COC2(CCC(C)CC2)O1)c1cccnc1. The van der Waals surface area contributed by atoms with E-state index in [1.807, 2.05) is 6.07 Å². The molecule has 2 aliphatic rings. The van der Waals surface area contributed by atoms with E-state index in [0.717, 1.165) is 37.2 Å². The minimum absolute atomic E-state index is 0.0535. The quantitative estimate of drug-likeness (QED) is 0.833. The molecular formula is C18H26N2O4. The van der Waals surface area contributed by atoms with Gasteiger partial charge in [0, 0.05) is 31.8 Å². The standard InChI is InChI=1S/C18H26N2O4/c1-13-5-7-18(8-6-13)23-12-15(24-18)11-20-16(17(21)22-2)14-4-3-9-19-10-14/h3-4,9-10,13,15-16,20H,5-8,11-12H2,1-2H3/t13?,15-,16+,18?/m0/s1. The topological polar surface area (TPSA) is 69.7 Å². The minimum atomic E-state index is -0.546. The summed E-state index contributed by atoms with van der Waals surface area (Å²) in [7, 11) is 1.39. The summed E-state index contributed by atoms with van der Waals surface area (Å²) in [5.74, 6) is 0.00546. The van der Waals surface area contributed by atoms with Gasteiger partial charge in [-0.2, -0.15) is 0 Å². The highest BCUT2D eigenvalue weighted by Gasteiger charge is 2.43. The van der Waals surface area contributed by atoms with Gasteiger partial charge in [0.1, 0.15) is 6.04 Å². The van der Waals surface area contributed by atoms with Gasteiger partial charge in [-0.05, 0) is 30.4 Å². The number of nitrogens with one attached hydrogen (secondary N) is 1. The maximum Gasteiger partial charge on any atom is 0.327 e. The van der Waals surface area contributed by atoms with Gasteiger partial charge in [0.25, 0.3) is 0 Å². The molecule has 132 valence electrons. The van der Waals surface area contributed by atoms with Crippen molar-refractivity contribution in [2.75, 3.05) is 20.3 Å². The van der Waals surface area contributed by atoms with E-state index in [1.165, 1.54) is 7.11 Å². The third-order valence-electron chi connectivity index (χ3n) is 4.95. The summed E-state index contributed by atoms with van der Waals surface area (Å²) < 4.78 is 17.1. The van der Waals surface area contributed by atoms with Crippen LogP contribution in [0.15, 0.2) is 24.5 Å². The first-order valence-corrected chi connectivity index (χ1v) is 8.65. The molecule has 1 saturated heterocycles. The lowest BCUT2D eigenvalue weighted by molar-refractivity contribution is -0.191. The molecule has 1 aliphatic carbocycles. The van der Waals surface area contributed by atoms with Gasteiger partial charge in [-0.1, -0.05) is 13.0 Å². The predicted molar refractivity (Wildman–Crippen MR) is 88.2 cm³/mol. The van der Waals surface area contributed by atoms with Crippen molar-refractivity contribution in [2.24, 2.45) is 5.92 Å². The molecule has 2 fully saturated rings. The van der Waals surface area contributed by atoms with E-state index in [9.17, 15) is 4.79 Å². The van der Waals surface area contributed by atoms with Gasteiger partial charge in [-0.3, -0.25) is 10.3 Å². The van der Waals surface area contributed by atoms with Crippen LogP contribution in [-0.4, -0.2) is 43.1 Å². The van der Waals surface area contributed by atoms with Crippen LogP contribution in [0.2, 0.25) is 0 Å². The summed E-state index contributed by atoms with van der Waals surface area (Å²) in [6.07, 6.45) is 7.48. The number of hydrogen-bond acceptors (Lipinski definition) is 6. The Kier molecular flexibility index (Phi) is 5.48. The maximum absolute atomic E-state index is 12.1. The molecule has 0 bridgehead atoms. The van der Waals surface area contributed by atoms with Crippen LogP contribution in [0.5, 0.6) is 0 Å². The summed E-state index contributed by atoms with van der Waals surface area (Å²) in [5.41, 5.74) is 0.782. The minimum Gasteiger partial charge on any atom is -0.468 e. The number of hydrogen-bond donors (Lipinski definition) is 1. The zero-order valence-corrected chi connectivity index (χ0v) is 14.4. The Morgan fingerprint density at radius 2 is 2.29 bits per heavy atom. The first-order valence-electron chi connectivity index (χ1n) is 8.65. The first-order chi connectivity index (χ1) is 11.6. The number of carbonyl (C=O) groups excluding carboxylic acids is 1. The van der Waals surface area contributed by atoms with Gasteiger partial charge in [0.15, 0.2) is 5.79 Å². The lowest BCUT2D eigenvalue weighted by Crippen LogP contribution is -2.39. The fourth-order valence-corrected chi connectivity index (χ4v) is 3.43. The van der Waals surface area contributed by atoms with Crippen LogP contribution in [0.1, 0.15) is 44.2 Å². The molecule has 2 atom stereocenters. The summed E-state index contributed by atoms with van der Waals surface area (Å²) in [6, 6.07) is 3.12. The van der Waals surface area contributed by atoms with Crippen molar-refractivity contribution in [3.8, 4) is 0 Å². The summed E-state index contributed by atoms with van der Waals surface area (Å²) in [5, 5.41) is 3.24. The van der Waals surface area contributed by atoms with Crippen molar-refractivity contribution >= 4 is 5.97 Å². The average Bonchev–Trinajstić information content (AvgIpc) is 3.01. The number of rotatable bonds is 5. The molecule has 3 rings (SSSR count). The van der Waals surface area contributed by atoms with E-state index in [-0.39, 0.29) is 12.1 Å². The van der Waals surface area contributed by atoms with Crippen LogP contribution < -0.4 is 5.32 Å². The molecule has 1 aliphatic heterocycles. The fourth-order valence-electron chi connectivity index (χ4n) is 3.43. The zero-order valence-electron chi connectivity index (χ0n) is 14.4. The Bertz CT molecular complexity index is 543. The summed E-state index contributed by atoms with van der Waals surface area (Å²) >= 11 is 0. The number of methoxy groups -OCH3 is 1. The van der Waals surface area contributed by atoms with Crippen molar-refractivity contribution in [3.05, 3.63) is 30.1 Å². The summed E-state index contributed by atoms with van der Waals surface area (Å²) in [6.45, 7) is 3.37. The highest BCUT2D eigenvalue weighted by molar-refractivity contribution is 5.77. The molecular weight excluding hydrogens is 308 g/mol. The van der Waals surface area contributed by atoms with Crippen molar-refractivity contribution in [3.63, 3.8) is 0 Å². The van der Waals surface area contributed by atoms with Gasteiger partial charge in [-0.25, -0.2) is 4.79 Å². The molecule has 0 amide bonds. The van der Waals surface area contributed by atoms with Gasteiger partial charge in [0.2, 0.25) is 0 Å². The molecule has 1 saturated carbocycles. The second kappa shape index (κ2) is 7.59. The van der Waals surface area contributed by atoms with Crippen LogP contribution in [0.4, 0.5) is 0 Å². The third kappa shape index (κ3) is 3.94. The van der Waals surface area contributed by atoms with Gasteiger partial charge in [-0.15, -0.1) is 0 Å². The third-order valence-corrected chi connectivity index (χ3v) is 4.95. The molecule has 0 radical (unpaired) electrons. The Hall–Kier alpha value is -1.50. The van der Waals surface area contributed by atoms with Crippen molar-refractivity contribution in [1.29, 1.82) is 0 Å². The second-order valence-electron chi connectivity index (χ2n) is 6.79. The fraction of sp³-hybridized carbons (Fsp3) is 0.667. The van der Waals surface area contributed by atoms with E-state index in [1.54, 1.807) is 18.5 Å². The molecule has 0 aromatic carbocycles. The van der Waals surface area contributed by atoms with Crippen molar-refractivity contribution in [1.82, 2.24) is 10.3 Å². The molecule has 1 aromatic rings. The van der Waals surface area contributed by atoms with Gasteiger partial charge in [0.05, 0.1) is 19.8 Å². The van der Waals surface area contributed by atoms with Crippen LogP contribution in [-0.2, 0) is 19.0 Å². The molecule has 6 heteroatoms. The van der Waals surface area contributed by atoms with Gasteiger partial charge >= 0.3 is 5.97 Å². The molecule has 2 heterocycles. The van der Waals surface area contributed by atoms with E-state index < -0.39 is 11.8 Å². The number of pyridine rings is 1. The summed E-state index contributed by atoms with van der Waals surface area (Å²) in [4.78, 5) is 16.1. The van der Waals surface area contributed by atoms with Crippen LogP contribution in [0.25, 0.3) is 0 Å².